The molecule has 1 heterocycles. The number of methoxy groups -OCH3 is 1. The predicted molar refractivity (Wildman–Crippen MR) is 155 cm³/mol. The molecule has 0 spiro atoms. The topological polar surface area (TPSA) is 122 Å². The van der Waals surface area contributed by atoms with Gasteiger partial charge in [-0.25, -0.2) is 10.2 Å². The lowest BCUT2D eigenvalue weighted by Crippen LogP contribution is -2.32. The summed E-state index contributed by atoms with van der Waals surface area (Å²) in [6.45, 7) is 0. The van der Waals surface area contributed by atoms with Crippen LogP contribution in [0.15, 0.2) is 106 Å². The number of amides is 2. The summed E-state index contributed by atoms with van der Waals surface area (Å²) in [5.41, 5.74) is 5.10. The summed E-state index contributed by atoms with van der Waals surface area (Å²) in [7, 11) is 5.29. The Morgan fingerprint density at radius 3 is 2.27 bits per heavy atom. The van der Waals surface area contributed by atoms with Crippen molar-refractivity contribution in [3.63, 3.8) is 0 Å². The molecule has 208 valence electrons. The van der Waals surface area contributed by atoms with E-state index in [0.717, 1.165) is 5.69 Å². The zero-order valence-electron chi connectivity index (χ0n) is 22.7. The molecule has 10 nitrogen and oxygen atoms in total. The maximum absolute atomic E-state index is 13.1. The van der Waals surface area contributed by atoms with Gasteiger partial charge in [-0.15, -0.1) is 0 Å². The average molecular weight is 553 g/mol. The van der Waals surface area contributed by atoms with Gasteiger partial charge in [0, 0.05) is 25.3 Å². The van der Waals surface area contributed by atoms with Crippen LogP contribution in [0.25, 0.3) is 6.08 Å². The molecule has 0 atom stereocenters. The van der Waals surface area contributed by atoms with E-state index >= 15 is 0 Å². The summed E-state index contributed by atoms with van der Waals surface area (Å²) in [5.74, 6) is -1.22. The Morgan fingerprint density at radius 2 is 1.61 bits per heavy atom. The van der Waals surface area contributed by atoms with Crippen LogP contribution in [-0.4, -0.2) is 45.2 Å². The van der Waals surface area contributed by atoms with Gasteiger partial charge in [-0.3, -0.25) is 9.59 Å². The summed E-state index contributed by atoms with van der Waals surface area (Å²) >= 11 is 0. The van der Waals surface area contributed by atoms with E-state index in [0.29, 0.717) is 16.7 Å². The highest BCUT2D eigenvalue weighted by atomic mass is 16.6. The Kier molecular flexibility index (Phi) is 9.29. The van der Waals surface area contributed by atoms with Crippen LogP contribution in [0.1, 0.15) is 32.0 Å². The smallest absolute Gasteiger partial charge is 0.379 e. The van der Waals surface area contributed by atoms with Crippen molar-refractivity contribution in [2.45, 2.75) is 0 Å². The monoisotopic (exact) mass is 552 g/mol. The van der Waals surface area contributed by atoms with Crippen molar-refractivity contribution in [3.8, 4) is 11.5 Å². The Labute approximate surface area is 236 Å². The number of carbonyl (C=O) groups excluding carboxylic acids is 3. The molecule has 3 aromatic carbocycles. The van der Waals surface area contributed by atoms with E-state index in [1.54, 1.807) is 54.6 Å². The van der Waals surface area contributed by atoms with Crippen molar-refractivity contribution in [1.29, 1.82) is 0 Å². The van der Waals surface area contributed by atoms with Crippen LogP contribution in [-0.2, 0) is 4.79 Å². The second-order valence-electron chi connectivity index (χ2n) is 8.84. The van der Waals surface area contributed by atoms with Gasteiger partial charge in [-0.1, -0.05) is 30.3 Å². The SMILES string of the molecule is COc1cc(/C=N\NC(=O)/C(=C\c2ccc(N(C)C)cc2)NC(=O)c2ccccc2)ccc1OC(=O)c1ccco1. The molecule has 2 amide bonds. The fourth-order valence-electron chi connectivity index (χ4n) is 3.60. The summed E-state index contributed by atoms with van der Waals surface area (Å²) in [4.78, 5) is 40.1. The quantitative estimate of drug-likeness (QED) is 0.0977. The first kappa shape index (κ1) is 28.4. The Morgan fingerprint density at radius 1 is 0.878 bits per heavy atom. The number of esters is 1. The Balaban J connectivity index is 1.49. The maximum Gasteiger partial charge on any atom is 0.379 e. The standard InChI is InChI=1S/C31H28N4O6/c1-35(2)24-14-11-21(12-15-24)18-25(33-29(36)23-8-5-4-6-9-23)30(37)34-32-20-22-13-16-26(28(19-22)39-3)41-31(38)27-10-7-17-40-27/h4-20H,1-3H3,(H,33,36)(H,34,37)/b25-18+,32-20-. The summed E-state index contributed by atoms with van der Waals surface area (Å²) in [6, 6.07) is 23.9. The predicted octanol–water partition coefficient (Wildman–Crippen LogP) is 4.49. The van der Waals surface area contributed by atoms with E-state index in [-0.39, 0.29) is 23.0 Å². The Hall–Kier alpha value is -5.64. The van der Waals surface area contributed by atoms with Gasteiger partial charge >= 0.3 is 5.97 Å². The van der Waals surface area contributed by atoms with Crippen LogP contribution in [0, 0.1) is 0 Å². The third-order valence-corrected chi connectivity index (χ3v) is 5.74. The van der Waals surface area contributed by atoms with Gasteiger partial charge in [-0.2, -0.15) is 5.10 Å². The number of hydrogen-bond acceptors (Lipinski definition) is 8. The van der Waals surface area contributed by atoms with Crippen molar-refractivity contribution in [2.24, 2.45) is 5.10 Å². The van der Waals surface area contributed by atoms with E-state index < -0.39 is 17.8 Å². The van der Waals surface area contributed by atoms with Gasteiger partial charge in [0.15, 0.2) is 11.5 Å². The lowest BCUT2D eigenvalue weighted by molar-refractivity contribution is -0.117. The lowest BCUT2D eigenvalue weighted by atomic mass is 10.1. The molecule has 0 saturated carbocycles. The average Bonchev–Trinajstić information content (AvgIpc) is 3.53. The highest BCUT2D eigenvalue weighted by Gasteiger charge is 2.16. The zero-order valence-corrected chi connectivity index (χ0v) is 22.7. The van der Waals surface area contributed by atoms with E-state index in [4.69, 9.17) is 13.9 Å². The van der Waals surface area contributed by atoms with Gasteiger partial charge in [0.2, 0.25) is 5.76 Å². The highest BCUT2D eigenvalue weighted by Crippen LogP contribution is 2.28. The summed E-state index contributed by atoms with van der Waals surface area (Å²) in [6.07, 6.45) is 4.33. The molecule has 0 radical (unpaired) electrons. The van der Waals surface area contributed by atoms with Crippen molar-refractivity contribution in [2.75, 3.05) is 26.1 Å². The number of nitrogens with zero attached hydrogens (tertiary/aromatic N) is 2. The minimum atomic E-state index is -0.671. The third-order valence-electron chi connectivity index (χ3n) is 5.74. The van der Waals surface area contributed by atoms with Gasteiger partial charge in [0.05, 0.1) is 19.6 Å². The van der Waals surface area contributed by atoms with Crippen molar-refractivity contribution in [1.82, 2.24) is 10.7 Å². The molecule has 0 fully saturated rings. The van der Waals surface area contributed by atoms with Crippen LogP contribution in [0.5, 0.6) is 11.5 Å². The number of anilines is 1. The largest absolute Gasteiger partial charge is 0.493 e. The van der Waals surface area contributed by atoms with Gasteiger partial charge in [-0.05, 0) is 71.8 Å². The summed E-state index contributed by atoms with van der Waals surface area (Å²) in [5, 5.41) is 6.70. The lowest BCUT2D eigenvalue weighted by Gasteiger charge is -2.12. The summed E-state index contributed by atoms with van der Waals surface area (Å²) < 4.78 is 15.7. The van der Waals surface area contributed by atoms with E-state index in [2.05, 4.69) is 15.8 Å². The molecule has 0 unspecified atom stereocenters. The van der Waals surface area contributed by atoms with E-state index in [1.165, 1.54) is 31.7 Å². The van der Waals surface area contributed by atoms with Crippen LogP contribution in [0.2, 0.25) is 0 Å². The third kappa shape index (κ3) is 7.70. The van der Waals surface area contributed by atoms with Gasteiger partial charge < -0.3 is 24.1 Å². The molecule has 0 saturated heterocycles. The number of hydrogen-bond donors (Lipinski definition) is 2. The molecule has 41 heavy (non-hydrogen) atoms. The molecule has 10 heteroatoms. The molecular formula is C31H28N4O6. The van der Waals surface area contributed by atoms with Crippen LogP contribution in [0.4, 0.5) is 5.69 Å². The fraction of sp³-hybridized carbons (Fsp3) is 0.0968. The van der Waals surface area contributed by atoms with Crippen LogP contribution < -0.4 is 25.1 Å². The highest BCUT2D eigenvalue weighted by molar-refractivity contribution is 6.05. The fourth-order valence-corrected chi connectivity index (χ4v) is 3.60. The van der Waals surface area contributed by atoms with Crippen molar-refractivity contribution >= 4 is 35.8 Å². The van der Waals surface area contributed by atoms with Gasteiger partial charge in [0.1, 0.15) is 5.70 Å². The zero-order chi connectivity index (χ0) is 29.2. The maximum atomic E-state index is 13.1. The van der Waals surface area contributed by atoms with E-state index in [9.17, 15) is 14.4 Å². The number of benzene rings is 3. The molecule has 4 aromatic rings. The van der Waals surface area contributed by atoms with Crippen LogP contribution >= 0.6 is 0 Å². The van der Waals surface area contributed by atoms with Gasteiger partial charge in [0.25, 0.3) is 11.8 Å². The second-order valence-corrected chi connectivity index (χ2v) is 8.84. The molecule has 0 aliphatic carbocycles. The van der Waals surface area contributed by atoms with Crippen molar-refractivity contribution in [3.05, 3.63) is 119 Å². The molecule has 0 aliphatic rings. The van der Waals surface area contributed by atoms with E-state index in [1.807, 2.05) is 43.3 Å². The number of furan rings is 1. The molecule has 0 aliphatic heterocycles. The number of nitrogens with one attached hydrogen (secondary N) is 2. The first-order valence-corrected chi connectivity index (χ1v) is 12.5. The minimum absolute atomic E-state index is 0.00590. The molecular weight excluding hydrogens is 524 g/mol. The number of hydrazone groups is 1. The minimum Gasteiger partial charge on any atom is -0.493 e. The first-order chi connectivity index (χ1) is 19.8. The second kappa shape index (κ2) is 13.4. The Bertz CT molecular complexity index is 1560. The number of carbonyl (C=O) groups is 3. The van der Waals surface area contributed by atoms with Crippen molar-refractivity contribution < 1.29 is 28.3 Å². The molecule has 1 aromatic heterocycles. The van der Waals surface area contributed by atoms with Crippen LogP contribution in [0.3, 0.4) is 0 Å². The molecule has 0 bridgehead atoms. The first-order valence-electron chi connectivity index (χ1n) is 12.5. The molecule has 2 N–H and O–H groups in total. The number of ether oxygens (including phenoxy) is 2. The number of rotatable bonds is 10. The normalized spacial score (nSPS) is 11.1. The molecule has 4 rings (SSSR count).